The molecule has 0 aliphatic carbocycles. The van der Waals surface area contributed by atoms with E-state index in [4.69, 9.17) is 9.47 Å². The van der Waals surface area contributed by atoms with Crippen molar-refractivity contribution in [3.8, 4) is 5.75 Å². The molecule has 1 saturated heterocycles. The van der Waals surface area contributed by atoms with Gasteiger partial charge in [0.15, 0.2) is 5.96 Å². The third-order valence-corrected chi connectivity index (χ3v) is 4.46. The zero-order chi connectivity index (χ0) is 18.9. The minimum absolute atomic E-state index is 0.144. The number of guanidine groups is 1. The van der Waals surface area contributed by atoms with Gasteiger partial charge in [0, 0.05) is 25.1 Å². The van der Waals surface area contributed by atoms with E-state index < -0.39 is 0 Å². The second kappa shape index (κ2) is 9.97. The number of aryl methyl sites for hydroxylation is 1. The van der Waals surface area contributed by atoms with E-state index in [0.717, 1.165) is 36.8 Å². The van der Waals surface area contributed by atoms with Gasteiger partial charge in [0.25, 0.3) is 0 Å². The number of nitrogens with zero attached hydrogens (tertiary/aromatic N) is 1. The van der Waals surface area contributed by atoms with Crippen LogP contribution in [0, 0.1) is 6.92 Å². The summed E-state index contributed by atoms with van der Waals surface area (Å²) in [6, 6.07) is 16.6. The average Bonchev–Trinajstić information content (AvgIpc) is 3.19. The molecule has 27 heavy (non-hydrogen) atoms. The van der Waals surface area contributed by atoms with Crippen LogP contribution >= 0.6 is 0 Å². The summed E-state index contributed by atoms with van der Waals surface area (Å²) in [6.45, 7) is 7.72. The van der Waals surface area contributed by atoms with Crippen molar-refractivity contribution in [2.75, 3.05) is 19.8 Å². The predicted molar refractivity (Wildman–Crippen MR) is 109 cm³/mol. The Balaban J connectivity index is 1.65. The van der Waals surface area contributed by atoms with E-state index in [-0.39, 0.29) is 6.10 Å². The molecule has 1 aliphatic heterocycles. The van der Waals surface area contributed by atoms with Gasteiger partial charge in [0.05, 0.1) is 19.8 Å². The molecule has 1 atom stereocenters. The van der Waals surface area contributed by atoms with Crippen LogP contribution in [0.15, 0.2) is 53.5 Å². The van der Waals surface area contributed by atoms with Gasteiger partial charge in [-0.05, 0) is 31.0 Å². The quantitative estimate of drug-likeness (QED) is 0.582. The van der Waals surface area contributed by atoms with Crippen LogP contribution in [0.1, 0.15) is 30.0 Å². The van der Waals surface area contributed by atoms with Crippen LogP contribution in [-0.4, -0.2) is 31.8 Å². The number of hydrogen-bond donors (Lipinski definition) is 2. The first-order valence-electron chi connectivity index (χ1n) is 9.64. The average molecular weight is 367 g/mol. The molecule has 1 fully saturated rings. The molecule has 2 aromatic rings. The summed E-state index contributed by atoms with van der Waals surface area (Å²) < 4.78 is 11.6. The van der Waals surface area contributed by atoms with Crippen LogP contribution in [0.3, 0.4) is 0 Å². The predicted octanol–water partition coefficient (Wildman–Crippen LogP) is 3.42. The molecule has 1 aliphatic rings. The number of benzene rings is 2. The highest BCUT2D eigenvalue weighted by molar-refractivity contribution is 5.79. The molecule has 0 radical (unpaired) electrons. The summed E-state index contributed by atoms with van der Waals surface area (Å²) in [7, 11) is 0. The molecule has 3 rings (SSSR count). The Morgan fingerprint density at radius 3 is 2.78 bits per heavy atom. The molecule has 0 amide bonds. The number of aliphatic imine (C=N–C) groups is 1. The topological polar surface area (TPSA) is 54.9 Å². The highest BCUT2D eigenvalue weighted by Gasteiger charge is 2.18. The molecular formula is C22H29N3O2. The van der Waals surface area contributed by atoms with Crippen molar-refractivity contribution in [3.05, 3.63) is 65.2 Å². The molecule has 0 spiro atoms. The zero-order valence-corrected chi connectivity index (χ0v) is 16.2. The summed E-state index contributed by atoms with van der Waals surface area (Å²) >= 11 is 0. The van der Waals surface area contributed by atoms with Gasteiger partial charge in [-0.1, -0.05) is 42.5 Å². The number of rotatable bonds is 7. The van der Waals surface area contributed by atoms with Crippen LogP contribution in [-0.2, 0) is 17.8 Å². The first kappa shape index (κ1) is 19.2. The largest absolute Gasteiger partial charge is 0.488 e. The summed E-state index contributed by atoms with van der Waals surface area (Å²) in [6.07, 6.45) is 1.09. The lowest BCUT2D eigenvalue weighted by Crippen LogP contribution is -2.37. The third-order valence-electron chi connectivity index (χ3n) is 4.46. The Morgan fingerprint density at radius 2 is 2.04 bits per heavy atom. The highest BCUT2D eigenvalue weighted by atomic mass is 16.5. The highest BCUT2D eigenvalue weighted by Crippen LogP contribution is 2.23. The minimum Gasteiger partial charge on any atom is -0.488 e. The molecule has 1 heterocycles. The normalized spacial score (nSPS) is 17.0. The molecular weight excluding hydrogens is 338 g/mol. The lowest BCUT2D eigenvalue weighted by molar-refractivity contribution is 0.140. The molecule has 5 nitrogen and oxygen atoms in total. The Kier molecular flexibility index (Phi) is 7.11. The zero-order valence-electron chi connectivity index (χ0n) is 16.2. The van der Waals surface area contributed by atoms with Gasteiger partial charge in [-0.3, -0.25) is 0 Å². The molecule has 144 valence electrons. The van der Waals surface area contributed by atoms with Crippen LogP contribution in [0.4, 0.5) is 0 Å². The van der Waals surface area contributed by atoms with Crippen molar-refractivity contribution in [2.24, 2.45) is 4.99 Å². The van der Waals surface area contributed by atoms with Gasteiger partial charge in [0.1, 0.15) is 11.9 Å². The Morgan fingerprint density at radius 1 is 1.19 bits per heavy atom. The fourth-order valence-corrected chi connectivity index (χ4v) is 2.98. The Bertz CT molecular complexity index is 740. The molecule has 0 aromatic heterocycles. The van der Waals surface area contributed by atoms with Crippen molar-refractivity contribution in [2.45, 2.75) is 39.5 Å². The third kappa shape index (κ3) is 6.00. The molecule has 2 aromatic carbocycles. The maximum absolute atomic E-state index is 6.18. The molecule has 5 heteroatoms. The monoisotopic (exact) mass is 367 g/mol. The van der Waals surface area contributed by atoms with Crippen LogP contribution < -0.4 is 15.4 Å². The van der Waals surface area contributed by atoms with E-state index in [0.29, 0.717) is 19.7 Å². The van der Waals surface area contributed by atoms with Gasteiger partial charge >= 0.3 is 0 Å². The van der Waals surface area contributed by atoms with Crippen molar-refractivity contribution in [1.29, 1.82) is 0 Å². The van der Waals surface area contributed by atoms with Crippen LogP contribution in [0.25, 0.3) is 0 Å². The number of hydrogen-bond acceptors (Lipinski definition) is 3. The first-order chi connectivity index (χ1) is 13.2. The second-order valence-corrected chi connectivity index (χ2v) is 6.75. The van der Waals surface area contributed by atoms with Gasteiger partial charge in [0.2, 0.25) is 0 Å². The minimum atomic E-state index is 0.144. The Hall–Kier alpha value is -2.53. The number of nitrogens with one attached hydrogen (secondary N) is 2. The lowest BCUT2D eigenvalue weighted by Gasteiger charge is -2.18. The summed E-state index contributed by atoms with van der Waals surface area (Å²) in [5, 5.41) is 6.72. The fraction of sp³-hybridized carbons (Fsp3) is 0.409. The van der Waals surface area contributed by atoms with Crippen molar-refractivity contribution >= 4 is 5.96 Å². The van der Waals surface area contributed by atoms with Gasteiger partial charge in [-0.15, -0.1) is 0 Å². The smallest absolute Gasteiger partial charge is 0.191 e. The van der Waals surface area contributed by atoms with Crippen molar-refractivity contribution < 1.29 is 9.47 Å². The standard InChI is InChI=1S/C22H29N3O2/c1-3-23-22(24-14-18-7-5-4-6-8-18)25-15-19-10-9-17(2)13-21(19)27-20-11-12-26-16-20/h4-10,13,20H,3,11-12,14-16H2,1-2H3,(H2,23,24,25). The molecule has 1 unspecified atom stereocenters. The summed E-state index contributed by atoms with van der Waals surface area (Å²) in [5.74, 6) is 1.73. The van der Waals surface area contributed by atoms with E-state index in [9.17, 15) is 0 Å². The van der Waals surface area contributed by atoms with E-state index in [1.54, 1.807) is 0 Å². The van der Waals surface area contributed by atoms with E-state index in [1.807, 2.05) is 18.2 Å². The van der Waals surface area contributed by atoms with Gasteiger partial charge in [-0.25, -0.2) is 4.99 Å². The van der Waals surface area contributed by atoms with E-state index in [1.165, 1.54) is 11.1 Å². The Labute approximate surface area is 161 Å². The van der Waals surface area contributed by atoms with E-state index >= 15 is 0 Å². The molecule has 0 bridgehead atoms. The molecule has 2 N–H and O–H groups in total. The maximum Gasteiger partial charge on any atom is 0.191 e. The van der Waals surface area contributed by atoms with E-state index in [2.05, 4.69) is 59.8 Å². The van der Waals surface area contributed by atoms with Crippen molar-refractivity contribution in [3.63, 3.8) is 0 Å². The van der Waals surface area contributed by atoms with Crippen LogP contribution in [0.2, 0.25) is 0 Å². The van der Waals surface area contributed by atoms with Gasteiger partial charge in [-0.2, -0.15) is 0 Å². The summed E-state index contributed by atoms with van der Waals surface area (Å²) in [4.78, 5) is 4.68. The molecule has 0 saturated carbocycles. The number of ether oxygens (including phenoxy) is 2. The maximum atomic E-state index is 6.18. The summed E-state index contributed by atoms with van der Waals surface area (Å²) in [5.41, 5.74) is 3.51. The van der Waals surface area contributed by atoms with Gasteiger partial charge < -0.3 is 20.1 Å². The first-order valence-corrected chi connectivity index (χ1v) is 9.64. The lowest BCUT2D eigenvalue weighted by atomic mass is 10.1. The van der Waals surface area contributed by atoms with Crippen LogP contribution in [0.5, 0.6) is 5.75 Å². The van der Waals surface area contributed by atoms with Crippen molar-refractivity contribution in [1.82, 2.24) is 10.6 Å². The second-order valence-electron chi connectivity index (χ2n) is 6.75. The fourth-order valence-electron chi connectivity index (χ4n) is 2.98. The SMILES string of the molecule is CCNC(=NCc1ccccc1)NCc1ccc(C)cc1OC1CCOC1.